The second-order valence-corrected chi connectivity index (χ2v) is 8.71. The van der Waals surface area contributed by atoms with Crippen molar-refractivity contribution in [2.24, 2.45) is 15.9 Å². The summed E-state index contributed by atoms with van der Waals surface area (Å²) in [5.74, 6) is 5.22. The quantitative estimate of drug-likeness (QED) is 0.385. The van der Waals surface area contributed by atoms with Crippen LogP contribution in [-0.2, 0) is 4.79 Å². The lowest BCUT2D eigenvalue weighted by Gasteiger charge is -2.27. The summed E-state index contributed by atoms with van der Waals surface area (Å²) < 4.78 is 13.7. The molecule has 1 unspecified atom stereocenters. The third kappa shape index (κ3) is 4.93. The van der Waals surface area contributed by atoms with Gasteiger partial charge in [0.05, 0.1) is 22.5 Å². The molecule has 2 aliphatic rings. The van der Waals surface area contributed by atoms with Crippen LogP contribution in [0.5, 0.6) is 0 Å². The van der Waals surface area contributed by atoms with Crippen LogP contribution in [0.4, 0.5) is 10.1 Å². The van der Waals surface area contributed by atoms with Gasteiger partial charge in [-0.05, 0) is 60.7 Å². The number of nitrogens with zero attached hydrogens (tertiary/aromatic N) is 3. The number of benzene rings is 2. The van der Waals surface area contributed by atoms with E-state index in [4.69, 9.17) is 22.4 Å². The van der Waals surface area contributed by atoms with Crippen LogP contribution in [0.2, 0.25) is 5.02 Å². The van der Waals surface area contributed by atoms with Crippen molar-refractivity contribution >= 4 is 40.2 Å². The Kier molecular flexibility index (Phi) is 6.79. The highest BCUT2D eigenvalue weighted by Crippen LogP contribution is 2.33. The molecule has 0 saturated carbocycles. The van der Waals surface area contributed by atoms with E-state index in [1.54, 1.807) is 19.1 Å². The number of hydrazone groups is 1. The summed E-state index contributed by atoms with van der Waals surface area (Å²) in [7, 11) is 0. The van der Waals surface area contributed by atoms with Gasteiger partial charge in [-0.15, -0.1) is 0 Å². The highest BCUT2D eigenvalue weighted by Gasteiger charge is 2.24. The van der Waals surface area contributed by atoms with Crippen molar-refractivity contribution in [3.63, 3.8) is 0 Å². The van der Waals surface area contributed by atoms with E-state index < -0.39 is 5.82 Å². The molecule has 0 bridgehead atoms. The van der Waals surface area contributed by atoms with Crippen molar-refractivity contribution in [3.05, 3.63) is 70.0 Å². The topological polar surface area (TPSA) is 83.1 Å². The first-order chi connectivity index (χ1) is 15.9. The molecule has 33 heavy (non-hydrogen) atoms. The van der Waals surface area contributed by atoms with Crippen molar-refractivity contribution < 1.29 is 9.18 Å². The second kappa shape index (κ2) is 9.75. The zero-order valence-corrected chi connectivity index (χ0v) is 19.5. The number of halogens is 2. The minimum absolute atomic E-state index is 0.0637. The van der Waals surface area contributed by atoms with Gasteiger partial charge >= 0.3 is 0 Å². The van der Waals surface area contributed by atoms with E-state index >= 15 is 0 Å². The molecule has 0 spiro atoms. The SMILES string of the molecule is CC(=O)N1CC=C(c2ccc3c(c2)C(Nc2ccc(F)c(Cl)c2)CCN=C3C(C)=NN)CC1. The maximum Gasteiger partial charge on any atom is 0.219 e. The van der Waals surface area contributed by atoms with Crippen molar-refractivity contribution in [1.82, 2.24) is 4.90 Å². The van der Waals surface area contributed by atoms with E-state index in [2.05, 4.69) is 34.7 Å². The second-order valence-electron chi connectivity index (χ2n) is 8.31. The van der Waals surface area contributed by atoms with E-state index in [-0.39, 0.29) is 17.0 Å². The molecule has 2 heterocycles. The number of amides is 1. The van der Waals surface area contributed by atoms with Crippen LogP contribution in [0.3, 0.4) is 0 Å². The predicted molar refractivity (Wildman–Crippen MR) is 132 cm³/mol. The van der Waals surface area contributed by atoms with Crippen LogP contribution in [0.15, 0.2) is 52.6 Å². The summed E-state index contributed by atoms with van der Waals surface area (Å²) >= 11 is 6.01. The number of fused-ring (bicyclic) bond motifs is 1. The number of nitrogens with one attached hydrogen (secondary N) is 1. The third-order valence-electron chi connectivity index (χ3n) is 6.19. The van der Waals surface area contributed by atoms with Gasteiger partial charge in [0.15, 0.2) is 0 Å². The number of rotatable bonds is 4. The van der Waals surface area contributed by atoms with Crippen LogP contribution in [0.1, 0.15) is 49.4 Å². The molecule has 0 aromatic heterocycles. The summed E-state index contributed by atoms with van der Waals surface area (Å²) in [6.45, 7) is 5.36. The molecular weight excluding hydrogens is 441 g/mol. The average Bonchev–Trinajstić information content (AvgIpc) is 3.00. The van der Waals surface area contributed by atoms with Crippen molar-refractivity contribution in [2.45, 2.75) is 32.7 Å². The first kappa shape index (κ1) is 23.0. The van der Waals surface area contributed by atoms with Crippen LogP contribution in [0, 0.1) is 5.82 Å². The monoisotopic (exact) mass is 467 g/mol. The van der Waals surface area contributed by atoms with Gasteiger partial charge in [0.1, 0.15) is 5.82 Å². The van der Waals surface area contributed by atoms with Gasteiger partial charge in [0, 0.05) is 37.8 Å². The first-order valence-corrected chi connectivity index (χ1v) is 11.3. The molecule has 172 valence electrons. The molecule has 0 fully saturated rings. The Morgan fingerprint density at radius 1 is 1.27 bits per heavy atom. The number of aliphatic imine (C=N–C) groups is 1. The lowest BCUT2D eigenvalue weighted by molar-refractivity contribution is -0.128. The number of carbonyl (C=O) groups excluding carboxylic acids is 1. The Hall–Kier alpha value is -3.19. The molecule has 2 aromatic carbocycles. The Morgan fingerprint density at radius 3 is 2.76 bits per heavy atom. The van der Waals surface area contributed by atoms with Crippen LogP contribution in [-0.4, -0.2) is 41.9 Å². The Morgan fingerprint density at radius 2 is 2.09 bits per heavy atom. The maximum absolute atomic E-state index is 13.7. The molecule has 2 aromatic rings. The first-order valence-electron chi connectivity index (χ1n) is 11.0. The lowest BCUT2D eigenvalue weighted by Crippen LogP contribution is -2.32. The molecule has 2 aliphatic heterocycles. The number of hydrogen-bond donors (Lipinski definition) is 2. The molecule has 0 saturated heterocycles. The zero-order chi connectivity index (χ0) is 23.5. The summed E-state index contributed by atoms with van der Waals surface area (Å²) in [4.78, 5) is 18.3. The fraction of sp³-hybridized carbons (Fsp3) is 0.320. The van der Waals surface area contributed by atoms with Gasteiger partial charge in [-0.1, -0.05) is 29.8 Å². The average molecular weight is 468 g/mol. The van der Waals surface area contributed by atoms with Gasteiger partial charge < -0.3 is 16.1 Å². The number of carbonyl (C=O) groups is 1. The predicted octanol–water partition coefficient (Wildman–Crippen LogP) is 4.80. The van der Waals surface area contributed by atoms with Crippen molar-refractivity contribution in [3.8, 4) is 0 Å². The number of anilines is 1. The van der Waals surface area contributed by atoms with Gasteiger partial charge in [-0.25, -0.2) is 4.39 Å². The molecule has 6 nitrogen and oxygen atoms in total. The summed E-state index contributed by atoms with van der Waals surface area (Å²) in [5, 5.41) is 7.46. The van der Waals surface area contributed by atoms with Crippen LogP contribution in [0.25, 0.3) is 5.57 Å². The summed E-state index contributed by atoms with van der Waals surface area (Å²) in [6.07, 6.45) is 3.66. The van der Waals surface area contributed by atoms with Gasteiger partial charge in [0.25, 0.3) is 0 Å². The van der Waals surface area contributed by atoms with Gasteiger partial charge in [-0.3, -0.25) is 9.79 Å². The Bertz CT molecular complexity index is 1170. The maximum atomic E-state index is 13.7. The number of hydrogen-bond acceptors (Lipinski definition) is 5. The Balaban J connectivity index is 1.73. The highest BCUT2D eigenvalue weighted by atomic mass is 35.5. The van der Waals surface area contributed by atoms with E-state index in [0.717, 1.165) is 40.9 Å². The number of nitrogens with two attached hydrogens (primary N) is 1. The normalized spacial score (nSPS) is 18.7. The van der Waals surface area contributed by atoms with Crippen molar-refractivity contribution in [1.29, 1.82) is 0 Å². The zero-order valence-electron chi connectivity index (χ0n) is 18.7. The summed E-state index contributed by atoms with van der Waals surface area (Å²) in [6, 6.07) is 10.9. The standard InChI is InChI=1S/C25H27ClFN5O/c1-15(31-28)25-20-5-3-18(17-8-11-32(12-9-17)16(2)33)13-21(20)24(7-10-29-25)30-19-4-6-23(27)22(26)14-19/h3-6,8,13-14,24,30H,7,9-12,28H2,1-2H3. The van der Waals surface area contributed by atoms with E-state index in [9.17, 15) is 9.18 Å². The van der Waals surface area contributed by atoms with Crippen LogP contribution < -0.4 is 11.2 Å². The fourth-order valence-corrected chi connectivity index (χ4v) is 4.52. The molecule has 1 amide bonds. The molecule has 4 rings (SSSR count). The molecule has 3 N–H and O–H groups in total. The molecule has 1 atom stereocenters. The minimum atomic E-state index is -0.449. The molecule has 0 radical (unpaired) electrons. The Labute approximate surface area is 198 Å². The van der Waals surface area contributed by atoms with E-state index in [1.807, 2.05) is 11.8 Å². The van der Waals surface area contributed by atoms with E-state index in [0.29, 0.717) is 25.3 Å². The summed E-state index contributed by atoms with van der Waals surface area (Å²) in [5.41, 5.74) is 6.56. The fourth-order valence-electron chi connectivity index (χ4n) is 4.34. The molecular formula is C25H27ClFN5O. The van der Waals surface area contributed by atoms with Crippen LogP contribution >= 0.6 is 11.6 Å². The van der Waals surface area contributed by atoms with Gasteiger partial charge in [0.2, 0.25) is 5.91 Å². The minimum Gasteiger partial charge on any atom is -0.378 e. The van der Waals surface area contributed by atoms with Gasteiger partial charge in [-0.2, -0.15) is 5.10 Å². The molecule has 0 aliphatic carbocycles. The lowest BCUT2D eigenvalue weighted by atomic mass is 9.89. The molecule has 8 heteroatoms. The van der Waals surface area contributed by atoms with Crippen molar-refractivity contribution in [2.75, 3.05) is 25.0 Å². The smallest absolute Gasteiger partial charge is 0.219 e. The third-order valence-corrected chi connectivity index (χ3v) is 6.48. The highest BCUT2D eigenvalue weighted by molar-refractivity contribution is 6.48. The van der Waals surface area contributed by atoms with E-state index in [1.165, 1.54) is 11.6 Å². The largest absolute Gasteiger partial charge is 0.378 e.